The first kappa shape index (κ1) is 38.0. The number of hydrogen-bond donors (Lipinski definition) is 0. The van der Waals surface area contributed by atoms with Gasteiger partial charge < -0.3 is 14.2 Å². The molecular formula is C33H51N7O6. The number of benzene rings is 1. The number of nitro groups is 1. The largest absolute Gasteiger partial charge is 0.502 e. The first-order valence-electron chi connectivity index (χ1n) is 16.0. The number of allylic oxidation sites excluding steroid dienone is 4. The van der Waals surface area contributed by atoms with Gasteiger partial charge in [-0.3, -0.25) is 24.3 Å². The number of aromatic nitrogens is 5. The first-order chi connectivity index (χ1) is 22.3. The lowest BCUT2D eigenvalue weighted by Crippen LogP contribution is -2.39. The van der Waals surface area contributed by atoms with Gasteiger partial charge >= 0.3 is 11.4 Å². The normalized spacial score (nSPS) is 13.5. The average molecular weight is 642 g/mol. The zero-order chi connectivity index (χ0) is 33.9. The van der Waals surface area contributed by atoms with Crippen molar-refractivity contribution >= 4 is 5.69 Å². The van der Waals surface area contributed by atoms with Crippen molar-refractivity contribution in [2.24, 2.45) is 0 Å². The fourth-order valence-corrected chi connectivity index (χ4v) is 4.59. The van der Waals surface area contributed by atoms with E-state index in [0.717, 1.165) is 43.0 Å². The van der Waals surface area contributed by atoms with Crippen LogP contribution in [0.3, 0.4) is 0 Å². The highest BCUT2D eigenvalue weighted by Crippen LogP contribution is 2.27. The van der Waals surface area contributed by atoms with Gasteiger partial charge in [-0.1, -0.05) is 52.0 Å². The Balaban J connectivity index is 0.000000724. The summed E-state index contributed by atoms with van der Waals surface area (Å²) in [7, 11) is 3.28. The van der Waals surface area contributed by atoms with Crippen LogP contribution in [0.2, 0.25) is 0 Å². The fraction of sp³-hybridized carbons (Fsp3) is 0.545. The fourth-order valence-electron chi connectivity index (χ4n) is 4.59. The Morgan fingerprint density at radius 2 is 1.72 bits per heavy atom. The summed E-state index contributed by atoms with van der Waals surface area (Å²) >= 11 is 0. The molecular weight excluding hydrogens is 590 g/mol. The summed E-state index contributed by atoms with van der Waals surface area (Å²) in [5.74, 6) is 1.93. The van der Waals surface area contributed by atoms with Crippen LogP contribution in [-0.4, -0.2) is 81.0 Å². The predicted octanol–water partition coefficient (Wildman–Crippen LogP) is 5.53. The summed E-state index contributed by atoms with van der Waals surface area (Å²) in [6.45, 7) is 14.7. The maximum atomic E-state index is 13.3. The SMILES string of the molecule is CC.CC/C=C(\C)OC.CC/C=C\CCn1c(-c2nn(Cc3ccc(OC)cc3)cc2[N+](=O)[O-])nn(CCN2CCOCC2)c1=O. The molecule has 3 heterocycles. The molecule has 4 rings (SSSR count). The van der Waals surface area contributed by atoms with Crippen LogP contribution in [0.15, 0.2) is 59.2 Å². The molecule has 46 heavy (non-hydrogen) atoms. The van der Waals surface area contributed by atoms with Crippen molar-refractivity contribution in [1.82, 2.24) is 29.0 Å². The number of ether oxygens (including phenoxy) is 3. The van der Waals surface area contributed by atoms with E-state index in [1.807, 2.05) is 70.2 Å². The van der Waals surface area contributed by atoms with Crippen molar-refractivity contribution in [3.05, 3.63) is 80.6 Å². The molecule has 0 unspecified atom stereocenters. The molecule has 0 atom stereocenters. The van der Waals surface area contributed by atoms with Gasteiger partial charge in [0.1, 0.15) is 11.9 Å². The molecule has 0 spiro atoms. The second kappa shape index (κ2) is 20.7. The van der Waals surface area contributed by atoms with Gasteiger partial charge in [-0.2, -0.15) is 5.10 Å². The maximum Gasteiger partial charge on any atom is 0.346 e. The van der Waals surface area contributed by atoms with Crippen molar-refractivity contribution in [2.45, 2.75) is 73.5 Å². The topological polar surface area (TPSA) is 132 Å². The summed E-state index contributed by atoms with van der Waals surface area (Å²) in [5, 5.41) is 21.0. The van der Waals surface area contributed by atoms with Gasteiger partial charge in [-0.25, -0.2) is 9.48 Å². The molecule has 0 radical (unpaired) electrons. The Hall–Kier alpha value is -4.23. The molecule has 2 aromatic heterocycles. The highest BCUT2D eigenvalue weighted by Gasteiger charge is 2.27. The van der Waals surface area contributed by atoms with Crippen LogP contribution in [-0.2, 0) is 29.1 Å². The van der Waals surface area contributed by atoms with Crippen molar-refractivity contribution in [1.29, 1.82) is 0 Å². The predicted molar refractivity (Wildman–Crippen MR) is 180 cm³/mol. The minimum atomic E-state index is -0.481. The molecule has 1 aliphatic rings. The third-order valence-corrected chi connectivity index (χ3v) is 7.04. The molecule has 1 fully saturated rings. The number of nitrogens with zero attached hydrogens (tertiary/aromatic N) is 7. The third-order valence-electron chi connectivity index (χ3n) is 7.04. The van der Waals surface area contributed by atoms with Crippen molar-refractivity contribution in [3.63, 3.8) is 0 Å². The van der Waals surface area contributed by atoms with E-state index >= 15 is 0 Å². The Morgan fingerprint density at radius 3 is 2.28 bits per heavy atom. The summed E-state index contributed by atoms with van der Waals surface area (Å²) in [5.41, 5.74) is 0.499. The smallest absolute Gasteiger partial charge is 0.346 e. The monoisotopic (exact) mass is 641 g/mol. The molecule has 254 valence electrons. The Kier molecular flexibility index (Phi) is 17.1. The summed E-state index contributed by atoms with van der Waals surface area (Å²) in [4.78, 5) is 27.0. The molecule has 13 heteroatoms. The van der Waals surface area contributed by atoms with Gasteiger partial charge in [0, 0.05) is 26.2 Å². The van der Waals surface area contributed by atoms with Crippen LogP contribution >= 0.6 is 0 Å². The zero-order valence-electron chi connectivity index (χ0n) is 28.5. The van der Waals surface area contributed by atoms with Crippen LogP contribution in [0.5, 0.6) is 5.75 Å². The summed E-state index contributed by atoms with van der Waals surface area (Å²) in [6.07, 6.45) is 10.0. The average Bonchev–Trinajstić information content (AvgIpc) is 3.64. The van der Waals surface area contributed by atoms with Crippen molar-refractivity contribution < 1.29 is 19.1 Å². The maximum absolute atomic E-state index is 13.3. The number of hydrogen-bond acceptors (Lipinski definition) is 9. The van der Waals surface area contributed by atoms with Crippen molar-refractivity contribution in [3.8, 4) is 17.3 Å². The lowest BCUT2D eigenvalue weighted by molar-refractivity contribution is -0.384. The lowest BCUT2D eigenvalue weighted by Gasteiger charge is -2.26. The van der Waals surface area contributed by atoms with Crippen molar-refractivity contribution in [2.75, 3.05) is 47.1 Å². The van der Waals surface area contributed by atoms with Gasteiger partial charge in [0.25, 0.3) is 0 Å². The van der Waals surface area contributed by atoms with Gasteiger partial charge in [0.2, 0.25) is 5.69 Å². The van der Waals surface area contributed by atoms with Crippen LogP contribution in [0.1, 0.15) is 59.4 Å². The van der Waals surface area contributed by atoms with E-state index in [9.17, 15) is 14.9 Å². The standard InChI is InChI=1S/C25H33N7O5.C6H12O.C2H6/c1-3-4-5-6-11-30-24(27-31(25(30)33)13-12-28-14-16-37-17-15-28)23-22(32(34)35)19-29(26-23)18-20-7-9-21(36-2)10-8-20;1-4-5-6(2)7-3;1-2/h4-5,7-10,19H,3,6,11-18H2,1-2H3;5H,4H2,1-3H3;1-2H3/b5-4-;6-5+;. The van der Waals surface area contributed by atoms with E-state index in [1.54, 1.807) is 14.2 Å². The molecule has 1 aromatic carbocycles. The van der Waals surface area contributed by atoms with E-state index in [1.165, 1.54) is 20.1 Å². The van der Waals surface area contributed by atoms with E-state index < -0.39 is 4.92 Å². The molecule has 3 aromatic rings. The molecule has 0 bridgehead atoms. The quantitative estimate of drug-likeness (QED) is 0.0964. The first-order valence-corrected chi connectivity index (χ1v) is 16.0. The van der Waals surface area contributed by atoms with E-state index in [4.69, 9.17) is 14.2 Å². The molecule has 0 N–H and O–H groups in total. The molecule has 1 saturated heterocycles. The molecule has 0 aliphatic carbocycles. The number of rotatable bonds is 14. The molecule has 0 saturated carbocycles. The van der Waals surface area contributed by atoms with Gasteiger partial charge in [0.05, 0.1) is 51.2 Å². The van der Waals surface area contributed by atoms with E-state index in [-0.39, 0.29) is 22.9 Å². The summed E-state index contributed by atoms with van der Waals surface area (Å²) < 4.78 is 19.8. The van der Waals surface area contributed by atoms with Crippen LogP contribution in [0.4, 0.5) is 5.69 Å². The second-order valence-electron chi connectivity index (χ2n) is 10.2. The minimum Gasteiger partial charge on any atom is -0.502 e. The second-order valence-corrected chi connectivity index (χ2v) is 10.2. The lowest BCUT2D eigenvalue weighted by atomic mass is 10.2. The van der Waals surface area contributed by atoms with Gasteiger partial charge in [0.15, 0.2) is 5.82 Å². The number of methoxy groups -OCH3 is 2. The number of morpholine rings is 1. The summed E-state index contributed by atoms with van der Waals surface area (Å²) in [6, 6.07) is 7.41. The minimum absolute atomic E-state index is 0.0835. The van der Waals surface area contributed by atoms with Crippen LogP contribution < -0.4 is 10.4 Å². The highest BCUT2D eigenvalue weighted by atomic mass is 16.6. The Bertz CT molecular complexity index is 1430. The molecule has 0 amide bonds. The highest BCUT2D eigenvalue weighted by molar-refractivity contribution is 5.62. The Morgan fingerprint density at radius 1 is 1.02 bits per heavy atom. The van der Waals surface area contributed by atoms with Gasteiger partial charge in [-0.15, -0.1) is 5.10 Å². The molecule has 13 nitrogen and oxygen atoms in total. The van der Waals surface area contributed by atoms with E-state index in [2.05, 4.69) is 22.0 Å². The van der Waals surface area contributed by atoms with Crippen LogP contribution in [0.25, 0.3) is 11.5 Å². The van der Waals surface area contributed by atoms with Crippen LogP contribution in [0, 0.1) is 10.1 Å². The molecule has 1 aliphatic heterocycles. The Labute approximate surface area is 272 Å². The van der Waals surface area contributed by atoms with Gasteiger partial charge in [-0.05, 0) is 50.0 Å². The third kappa shape index (κ3) is 11.6. The van der Waals surface area contributed by atoms with E-state index in [0.29, 0.717) is 45.8 Å². The zero-order valence-corrected chi connectivity index (χ0v) is 28.5.